The lowest BCUT2D eigenvalue weighted by Gasteiger charge is -2.34. The Morgan fingerprint density at radius 2 is 2.25 bits per heavy atom. The Bertz CT molecular complexity index is 593. The Balaban J connectivity index is 2.00. The molecule has 1 aromatic carbocycles. The summed E-state index contributed by atoms with van der Waals surface area (Å²) in [4.78, 5) is 26.7. The molecule has 6 heteroatoms. The monoisotopic (exact) mass is 396 g/mol. The normalized spacial score (nSPS) is 20.5. The zero-order valence-corrected chi connectivity index (χ0v) is 15.9. The zero-order chi connectivity index (χ0) is 17.6. The number of amides is 2. The molecule has 24 heavy (non-hydrogen) atoms. The molecule has 0 aliphatic carbocycles. The molecule has 1 atom stereocenters. The summed E-state index contributed by atoms with van der Waals surface area (Å²) in [6, 6.07) is 7.83. The zero-order valence-electron chi connectivity index (χ0n) is 14.3. The van der Waals surface area contributed by atoms with Crippen LogP contribution >= 0.6 is 15.9 Å². The highest BCUT2D eigenvalue weighted by Crippen LogP contribution is 2.32. The third-order valence-electron chi connectivity index (χ3n) is 4.40. The summed E-state index contributed by atoms with van der Waals surface area (Å²) >= 11 is 3.44. The van der Waals surface area contributed by atoms with Crippen molar-refractivity contribution in [1.29, 1.82) is 0 Å². The van der Waals surface area contributed by atoms with Crippen LogP contribution in [0.25, 0.3) is 0 Å². The van der Waals surface area contributed by atoms with E-state index in [1.807, 2.05) is 38.1 Å². The largest absolute Gasteiger partial charge is 0.382 e. The van der Waals surface area contributed by atoms with Crippen LogP contribution in [0, 0.1) is 0 Å². The molecule has 2 rings (SSSR count). The molecule has 0 spiro atoms. The standard InChI is InChI=1S/C18H25BrN2O3/c1-3-24-11-5-10-20-17(23)18(2)9-8-16(22)21(18)13-14-6-4-7-15(19)12-14/h4,6-7,12H,3,5,8-11,13H2,1-2H3,(H,20,23)/t18-/m0/s1. The van der Waals surface area contributed by atoms with Gasteiger partial charge in [0.25, 0.3) is 0 Å². The van der Waals surface area contributed by atoms with Gasteiger partial charge in [0.05, 0.1) is 0 Å². The molecule has 1 aromatic rings. The predicted molar refractivity (Wildman–Crippen MR) is 96.5 cm³/mol. The molecule has 0 saturated carbocycles. The van der Waals surface area contributed by atoms with Gasteiger partial charge in [-0.05, 0) is 44.4 Å². The van der Waals surface area contributed by atoms with E-state index in [1.54, 1.807) is 4.90 Å². The number of ether oxygens (including phenoxy) is 1. The summed E-state index contributed by atoms with van der Waals surface area (Å²) in [5.41, 5.74) is 0.223. The lowest BCUT2D eigenvalue weighted by Crippen LogP contribution is -2.54. The number of hydrogen-bond donors (Lipinski definition) is 1. The molecular formula is C18H25BrN2O3. The molecule has 0 bridgehead atoms. The van der Waals surface area contributed by atoms with Gasteiger partial charge in [-0.15, -0.1) is 0 Å². The molecule has 0 aromatic heterocycles. The Kier molecular flexibility index (Phi) is 6.80. The third kappa shape index (κ3) is 4.57. The van der Waals surface area contributed by atoms with Crippen LogP contribution < -0.4 is 5.32 Å². The van der Waals surface area contributed by atoms with E-state index in [-0.39, 0.29) is 11.8 Å². The Labute approximate surface area is 151 Å². The fourth-order valence-electron chi connectivity index (χ4n) is 2.92. The third-order valence-corrected chi connectivity index (χ3v) is 4.89. The van der Waals surface area contributed by atoms with Crippen LogP contribution in [0.2, 0.25) is 0 Å². The number of nitrogens with zero attached hydrogens (tertiary/aromatic N) is 1. The maximum Gasteiger partial charge on any atom is 0.245 e. The van der Waals surface area contributed by atoms with Crippen LogP contribution in [0.5, 0.6) is 0 Å². The molecule has 0 unspecified atom stereocenters. The van der Waals surface area contributed by atoms with Gasteiger partial charge >= 0.3 is 0 Å². The molecule has 1 aliphatic heterocycles. The Morgan fingerprint density at radius 3 is 2.96 bits per heavy atom. The molecule has 1 heterocycles. The average Bonchev–Trinajstić information content (AvgIpc) is 2.84. The highest BCUT2D eigenvalue weighted by molar-refractivity contribution is 9.10. The molecule has 1 saturated heterocycles. The van der Waals surface area contributed by atoms with Gasteiger partial charge in [-0.1, -0.05) is 28.1 Å². The van der Waals surface area contributed by atoms with E-state index in [2.05, 4.69) is 21.2 Å². The van der Waals surface area contributed by atoms with Crippen LogP contribution in [0.1, 0.15) is 38.7 Å². The number of benzene rings is 1. The van der Waals surface area contributed by atoms with Crippen molar-refractivity contribution >= 4 is 27.7 Å². The summed E-state index contributed by atoms with van der Waals surface area (Å²) in [6.45, 7) is 6.13. The van der Waals surface area contributed by atoms with Crippen LogP contribution in [0.3, 0.4) is 0 Å². The van der Waals surface area contributed by atoms with Gasteiger partial charge in [0.1, 0.15) is 5.54 Å². The maximum atomic E-state index is 12.7. The second kappa shape index (κ2) is 8.62. The molecule has 1 fully saturated rings. The molecule has 132 valence electrons. The van der Waals surface area contributed by atoms with Crippen molar-refractivity contribution < 1.29 is 14.3 Å². The number of carbonyl (C=O) groups is 2. The van der Waals surface area contributed by atoms with Gasteiger partial charge < -0.3 is 15.0 Å². The topological polar surface area (TPSA) is 58.6 Å². The average molecular weight is 397 g/mol. The molecule has 1 N–H and O–H groups in total. The fraction of sp³-hybridized carbons (Fsp3) is 0.556. The highest BCUT2D eigenvalue weighted by atomic mass is 79.9. The number of hydrogen-bond acceptors (Lipinski definition) is 3. The van der Waals surface area contributed by atoms with E-state index in [9.17, 15) is 9.59 Å². The van der Waals surface area contributed by atoms with Gasteiger partial charge in [0.15, 0.2) is 0 Å². The smallest absolute Gasteiger partial charge is 0.245 e. The van der Waals surface area contributed by atoms with Crippen molar-refractivity contribution in [3.8, 4) is 0 Å². The van der Waals surface area contributed by atoms with E-state index in [1.165, 1.54) is 0 Å². The first-order valence-corrected chi connectivity index (χ1v) is 9.17. The minimum atomic E-state index is -0.787. The number of likely N-dealkylation sites (tertiary alicyclic amines) is 1. The Hall–Kier alpha value is -1.40. The number of rotatable bonds is 8. The minimum Gasteiger partial charge on any atom is -0.382 e. The molecule has 2 amide bonds. The van der Waals surface area contributed by atoms with Crippen LogP contribution in [0.4, 0.5) is 0 Å². The molecular weight excluding hydrogens is 372 g/mol. The Morgan fingerprint density at radius 1 is 1.46 bits per heavy atom. The summed E-state index contributed by atoms with van der Waals surface area (Å²) in [7, 11) is 0. The summed E-state index contributed by atoms with van der Waals surface area (Å²) < 4.78 is 6.24. The van der Waals surface area contributed by atoms with E-state index >= 15 is 0 Å². The van der Waals surface area contributed by atoms with Crippen LogP contribution in [-0.2, 0) is 20.9 Å². The van der Waals surface area contributed by atoms with E-state index in [0.29, 0.717) is 39.1 Å². The lowest BCUT2D eigenvalue weighted by atomic mass is 9.97. The minimum absolute atomic E-state index is 0.0296. The van der Waals surface area contributed by atoms with Gasteiger partial charge in [0.2, 0.25) is 11.8 Å². The SMILES string of the molecule is CCOCCCNC(=O)[C@]1(C)CCC(=O)N1Cc1cccc(Br)c1. The summed E-state index contributed by atoms with van der Waals surface area (Å²) in [5.74, 6) is -0.0539. The van der Waals surface area contributed by atoms with Crippen molar-refractivity contribution in [2.24, 2.45) is 0 Å². The predicted octanol–water partition coefficient (Wildman–Crippen LogP) is 2.87. The number of carbonyl (C=O) groups excluding carboxylic acids is 2. The summed E-state index contributed by atoms with van der Waals surface area (Å²) in [5, 5.41) is 2.95. The van der Waals surface area contributed by atoms with Gasteiger partial charge in [-0.2, -0.15) is 0 Å². The van der Waals surface area contributed by atoms with E-state index < -0.39 is 5.54 Å². The van der Waals surface area contributed by atoms with Crippen LogP contribution in [-0.4, -0.2) is 42.0 Å². The summed E-state index contributed by atoms with van der Waals surface area (Å²) in [6.07, 6.45) is 1.74. The van der Waals surface area contributed by atoms with Gasteiger partial charge in [0, 0.05) is 37.2 Å². The number of nitrogens with one attached hydrogen (secondary N) is 1. The second-order valence-electron chi connectivity index (χ2n) is 6.19. The molecule has 1 aliphatic rings. The van der Waals surface area contributed by atoms with E-state index in [4.69, 9.17) is 4.74 Å². The van der Waals surface area contributed by atoms with Crippen molar-refractivity contribution in [2.45, 2.75) is 45.2 Å². The highest BCUT2D eigenvalue weighted by Gasteiger charge is 2.46. The fourth-order valence-corrected chi connectivity index (χ4v) is 3.37. The maximum absolute atomic E-state index is 12.7. The van der Waals surface area contributed by atoms with Crippen molar-refractivity contribution in [1.82, 2.24) is 10.2 Å². The quantitative estimate of drug-likeness (QED) is 0.687. The van der Waals surface area contributed by atoms with Crippen molar-refractivity contribution in [3.63, 3.8) is 0 Å². The van der Waals surface area contributed by atoms with Gasteiger partial charge in [-0.25, -0.2) is 0 Å². The van der Waals surface area contributed by atoms with E-state index in [0.717, 1.165) is 16.5 Å². The lowest BCUT2D eigenvalue weighted by molar-refractivity contribution is -0.141. The number of halogens is 1. The first-order chi connectivity index (χ1) is 11.5. The van der Waals surface area contributed by atoms with Crippen molar-refractivity contribution in [3.05, 3.63) is 34.3 Å². The molecule has 0 radical (unpaired) electrons. The van der Waals surface area contributed by atoms with Crippen LogP contribution in [0.15, 0.2) is 28.7 Å². The van der Waals surface area contributed by atoms with Crippen molar-refractivity contribution in [2.75, 3.05) is 19.8 Å². The first-order valence-electron chi connectivity index (χ1n) is 8.38. The first kappa shape index (κ1) is 18.9. The second-order valence-corrected chi connectivity index (χ2v) is 7.11. The van der Waals surface area contributed by atoms with Gasteiger partial charge in [-0.3, -0.25) is 9.59 Å². The molecule has 5 nitrogen and oxygen atoms in total.